The molecular formula is C10H20BBrO2. The normalized spacial score (nSPS) is 27.0. The minimum atomic E-state index is -0.224. The molecule has 0 aliphatic carbocycles. The predicted octanol–water partition coefficient (Wildman–Crippen LogP) is 3.04. The monoisotopic (exact) mass is 262 g/mol. The SMILES string of the molecule is CC(C)C(Br)B1OC(C)(C)C(C)(C)O1. The van der Waals surface area contributed by atoms with Crippen molar-refractivity contribution in [2.45, 2.75) is 57.5 Å². The number of hydrogen-bond acceptors (Lipinski definition) is 2. The van der Waals surface area contributed by atoms with Gasteiger partial charge in [0.25, 0.3) is 0 Å². The highest BCUT2D eigenvalue weighted by Gasteiger charge is 2.53. The standard InChI is InChI=1S/C10H20BBrO2/c1-7(2)8(12)11-13-9(3,4)10(5,6)14-11/h7-8H,1-6H3. The number of rotatable bonds is 2. The molecule has 1 atom stereocenters. The highest BCUT2D eigenvalue weighted by Crippen LogP contribution is 2.39. The van der Waals surface area contributed by atoms with Crippen molar-refractivity contribution in [3.63, 3.8) is 0 Å². The Morgan fingerprint density at radius 1 is 1.00 bits per heavy atom. The molecule has 2 nitrogen and oxygen atoms in total. The third-order valence-electron chi connectivity index (χ3n) is 3.17. The van der Waals surface area contributed by atoms with Gasteiger partial charge in [0.05, 0.1) is 15.9 Å². The van der Waals surface area contributed by atoms with E-state index in [4.69, 9.17) is 9.31 Å². The van der Waals surface area contributed by atoms with E-state index in [9.17, 15) is 0 Å². The van der Waals surface area contributed by atoms with Gasteiger partial charge in [-0.25, -0.2) is 0 Å². The summed E-state index contributed by atoms with van der Waals surface area (Å²) in [5.74, 6) is 0.504. The first-order chi connectivity index (χ1) is 6.17. The molecule has 0 N–H and O–H groups in total. The van der Waals surface area contributed by atoms with Crippen LogP contribution < -0.4 is 0 Å². The lowest BCUT2D eigenvalue weighted by Gasteiger charge is -2.32. The molecule has 1 saturated heterocycles. The van der Waals surface area contributed by atoms with Crippen molar-refractivity contribution in [2.24, 2.45) is 5.92 Å². The smallest absolute Gasteiger partial charge is 0.402 e. The van der Waals surface area contributed by atoms with E-state index in [0.717, 1.165) is 0 Å². The van der Waals surface area contributed by atoms with E-state index in [-0.39, 0.29) is 23.0 Å². The summed E-state index contributed by atoms with van der Waals surface area (Å²) in [4.78, 5) is 0. The largest absolute Gasteiger partial charge is 0.472 e. The third-order valence-corrected chi connectivity index (χ3v) is 4.66. The van der Waals surface area contributed by atoms with Gasteiger partial charge in [-0.3, -0.25) is 0 Å². The molecule has 1 fully saturated rings. The third kappa shape index (κ3) is 2.17. The first-order valence-corrected chi connectivity index (χ1v) is 6.08. The van der Waals surface area contributed by atoms with E-state index in [1.807, 2.05) is 0 Å². The van der Waals surface area contributed by atoms with E-state index >= 15 is 0 Å². The molecule has 82 valence electrons. The first-order valence-electron chi connectivity index (χ1n) is 5.17. The Morgan fingerprint density at radius 3 is 1.64 bits per heavy atom. The Labute approximate surface area is 96.0 Å². The predicted molar refractivity (Wildman–Crippen MR) is 63.6 cm³/mol. The Kier molecular flexibility index (Phi) is 3.40. The summed E-state index contributed by atoms with van der Waals surface area (Å²) in [6.07, 6.45) is 0. The van der Waals surface area contributed by atoms with Crippen LogP contribution in [-0.4, -0.2) is 23.0 Å². The Balaban J connectivity index is 2.73. The van der Waals surface area contributed by atoms with Crippen LogP contribution in [-0.2, 0) is 9.31 Å². The average molecular weight is 263 g/mol. The second-order valence-electron chi connectivity index (χ2n) is 5.31. The molecule has 1 aliphatic rings. The molecule has 0 bridgehead atoms. The van der Waals surface area contributed by atoms with Crippen LogP contribution in [0.5, 0.6) is 0 Å². The summed E-state index contributed by atoms with van der Waals surface area (Å²) < 4.78 is 12.1. The van der Waals surface area contributed by atoms with Crippen molar-refractivity contribution >= 4 is 23.0 Å². The van der Waals surface area contributed by atoms with E-state index in [2.05, 4.69) is 57.5 Å². The highest BCUT2D eigenvalue weighted by molar-refractivity contribution is 9.10. The van der Waals surface area contributed by atoms with Gasteiger partial charge < -0.3 is 9.31 Å². The van der Waals surface area contributed by atoms with Crippen molar-refractivity contribution < 1.29 is 9.31 Å². The first kappa shape index (κ1) is 12.5. The fraction of sp³-hybridized carbons (Fsp3) is 1.00. The fourth-order valence-corrected chi connectivity index (χ4v) is 1.55. The Morgan fingerprint density at radius 2 is 1.36 bits per heavy atom. The average Bonchev–Trinajstić information content (AvgIpc) is 2.20. The zero-order valence-corrected chi connectivity index (χ0v) is 11.5. The van der Waals surface area contributed by atoms with Gasteiger partial charge in [0.2, 0.25) is 0 Å². The molecule has 0 aromatic rings. The van der Waals surface area contributed by atoms with Gasteiger partial charge in [0.1, 0.15) is 0 Å². The van der Waals surface area contributed by atoms with Crippen molar-refractivity contribution in [1.82, 2.24) is 0 Å². The van der Waals surface area contributed by atoms with Gasteiger partial charge in [-0.1, -0.05) is 29.8 Å². The lowest BCUT2D eigenvalue weighted by Crippen LogP contribution is -2.41. The van der Waals surface area contributed by atoms with Gasteiger partial charge in [-0.2, -0.15) is 0 Å². The van der Waals surface area contributed by atoms with Gasteiger partial charge in [0, 0.05) is 0 Å². The van der Waals surface area contributed by atoms with Crippen LogP contribution in [0.15, 0.2) is 0 Å². The zero-order chi connectivity index (χ0) is 11.1. The van der Waals surface area contributed by atoms with Crippen molar-refractivity contribution in [3.8, 4) is 0 Å². The Bertz CT molecular complexity index is 200. The van der Waals surface area contributed by atoms with E-state index < -0.39 is 0 Å². The van der Waals surface area contributed by atoms with Crippen LogP contribution in [0.2, 0.25) is 0 Å². The van der Waals surface area contributed by atoms with Crippen molar-refractivity contribution in [1.29, 1.82) is 0 Å². The molecule has 0 radical (unpaired) electrons. The maximum Gasteiger partial charge on any atom is 0.472 e. The van der Waals surface area contributed by atoms with E-state index in [1.54, 1.807) is 0 Å². The molecule has 0 saturated carbocycles. The lowest BCUT2D eigenvalue weighted by atomic mass is 9.78. The van der Waals surface area contributed by atoms with Gasteiger partial charge >= 0.3 is 7.12 Å². The summed E-state index contributed by atoms with van der Waals surface area (Å²) >= 11 is 3.62. The van der Waals surface area contributed by atoms with Gasteiger partial charge in [0.15, 0.2) is 0 Å². The molecule has 0 aromatic carbocycles. The van der Waals surface area contributed by atoms with Gasteiger partial charge in [-0.05, 0) is 33.6 Å². The quantitative estimate of drug-likeness (QED) is 0.563. The zero-order valence-electron chi connectivity index (χ0n) is 9.93. The van der Waals surface area contributed by atoms with Crippen LogP contribution in [0, 0.1) is 5.92 Å². The van der Waals surface area contributed by atoms with Gasteiger partial charge in [-0.15, -0.1) is 0 Å². The summed E-state index contributed by atoms with van der Waals surface area (Å²) in [6.45, 7) is 12.6. The second-order valence-corrected chi connectivity index (χ2v) is 6.37. The Hall–Kier alpha value is 0.465. The molecule has 0 amide bonds. The van der Waals surface area contributed by atoms with Crippen LogP contribution in [0.1, 0.15) is 41.5 Å². The molecule has 1 unspecified atom stereocenters. The molecule has 0 spiro atoms. The topological polar surface area (TPSA) is 18.5 Å². The molecular weight excluding hydrogens is 243 g/mol. The van der Waals surface area contributed by atoms with E-state index in [0.29, 0.717) is 5.92 Å². The lowest BCUT2D eigenvalue weighted by molar-refractivity contribution is 0.00578. The molecule has 4 heteroatoms. The summed E-state index contributed by atoms with van der Waals surface area (Å²) in [6, 6.07) is 0. The maximum atomic E-state index is 5.92. The molecule has 1 heterocycles. The van der Waals surface area contributed by atoms with Crippen molar-refractivity contribution in [2.75, 3.05) is 0 Å². The minimum Gasteiger partial charge on any atom is -0.402 e. The number of hydrogen-bond donors (Lipinski definition) is 0. The molecule has 1 rings (SSSR count). The summed E-state index contributed by atoms with van der Waals surface area (Å²) in [5, 5.41) is 0. The fourth-order valence-electron chi connectivity index (χ4n) is 1.33. The van der Waals surface area contributed by atoms with Crippen LogP contribution in [0.25, 0.3) is 0 Å². The summed E-state index contributed by atoms with van der Waals surface area (Å²) in [5.41, 5.74) is -0.447. The van der Waals surface area contributed by atoms with Crippen molar-refractivity contribution in [3.05, 3.63) is 0 Å². The van der Waals surface area contributed by atoms with Crippen LogP contribution >= 0.6 is 15.9 Å². The molecule has 1 aliphatic heterocycles. The minimum absolute atomic E-state index is 0.139. The summed E-state index contributed by atoms with van der Waals surface area (Å²) in [7, 11) is -0.139. The molecule has 14 heavy (non-hydrogen) atoms. The van der Waals surface area contributed by atoms with Crippen LogP contribution in [0.4, 0.5) is 0 Å². The van der Waals surface area contributed by atoms with Crippen LogP contribution in [0.3, 0.4) is 0 Å². The number of alkyl halides is 1. The van der Waals surface area contributed by atoms with E-state index in [1.165, 1.54) is 0 Å². The molecule has 0 aromatic heterocycles. The highest BCUT2D eigenvalue weighted by atomic mass is 79.9. The number of halogens is 1. The second kappa shape index (κ2) is 3.80. The maximum absolute atomic E-state index is 5.92.